The van der Waals surface area contributed by atoms with Gasteiger partial charge in [0.1, 0.15) is 0 Å². The van der Waals surface area contributed by atoms with E-state index in [2.05, 4.69) is 28.9 Å². The largest absolute Gasteiger partial charge is 0.369 e. The maximum atomic E-state index is 13.4. The summed E-state index contributed by atoms with van der Waals surface area (Å²) in [6, 6.07) is 8.76. The minimum absolute atomic E-state index is 0.0107. The number of amides is 2. The number of rotatable bonds is 2. The van der Waals surface area contributed by atoms with Crippen LogP contribution in [-0.2, 0) is 19.7 Å². The molecule has 186 valence electrons. The van der Waals surface area contributed by atoms with Gasteiger partial charge in [0.15, 0.2) is 19.7 Å². The Morgan fingerprint density at radius 2 is 1.50 bits per heavy atom. The normalized spacial score (nSPS) is 35.7. The third-order valence-electron chi connectivity index (χ3n) is 8.58. The van der Waals surface area contributed by atoms with Gasteiger partial charge < -0.3 is 19.6 Å². The highest BCUT2D eigenvalue weighted by atomic mass is 32.2. The number of piperidine rings is 2. The maximum absolute atomic E-state index is 13.4. The number of carbonyl (C=O) groups excluding carboxylic acids is 1. The zero-order valence-corrected chi connectivity index (χ0v) is 21.1. The van der Waals surface area contributed by atoms with Crippen molar-refractivity contribution in [2.75, 3.05) is 72.1 Å². The van der Waals surface area contributed by atoms with Gasteiger partial charge in [0, 0.05) is 56.1 Å². The first kappa shape index (κ1) is 22.5. The number of hydrogen-bond donors (Lipinski definition) is 0. The molecule has 5 fully saturated rings. The smallest absolute Gasteiger partial charge is 0.320 e. The van der Waals surface area contributed by atoms with Crippen molar-refractivity contribution in [2.45, 2.75) is 25.4 Å². The van der Waals surface area contributed by atoms with Crippen molar-refractivity contribution in [2.24, 2.45) is 11.3 Å². The first-order valence-corrected chi connectivity index (χ1v) is 15.8. The molecule has 11 heteroatoms. The zero-order valence-electron chi connectivity index (χ0n) is 19.5. The Kier molecular flexibility index (Phi) is 4.95. The van der Waals surface area contributed by atoms with Crippen LogP contribution in [0.25, 0.3) is 0 Å². The highest BCUT2D eigenvalue weighted by Gasteiger charge is 2.72. The fourth-order valence-corrected chi connectivity index (χ4v) is 9.19. The summed E-state index contributed by atoms with van der Waals surface area (Å²) < 4.78 is 47.3. The molecule has 1 aromatic carbocycles. The van der Waals surface area contributed by atoms with Crippen LogP contribution >= 0.6 is 0 Å². The summed E-state index contributed by atoms with van der Waals surface area (Å²) >= 11 is 0. The topological polar surface area (TPSA) is 98.3 Å². The Hall–Kier alpha value is -2.01. The number of sulfone groups is 2. The van der Waals surface area contributed by atoms with Crippen molar-refractivity contribution in [3.63, 3.8) is 0 Å². The van der Waals surface area contributed by atoms with Crippen LogP contribution in [0.15, 0.2) is 24.3 Å². The standard InChI is InChI=1S/C23H32N4O5S2/c1-23-14-17-15-26(19-4-2-3-18(13-19)24-5-9-33(29,30)10-6-24)20(23)21(23)27(16-17)22(28)25-7-11-34(31,32)12-8-25/h2-4,13,17,20-21H,5-12,14-16H2,1H3/t17?,20?,21?,23-/m1/s1. The van der Waals surface area contributed by atoms with Crippen LogP contribution in [0, 0.1) is 11.3 Å². The van der Waals surface area contributed by atoms with Gasteiger partial charge in [-0.1, -0.05) is 13.0 Å². The lowest BCUT2D eigenvalue weighted by atomic mass is 9.85. The van der Waals surface area contributed by atoms with Gasteiger partial charge in [0.2, 0.25) is 0 Å². The Balaban J connectivity index is 1.21. The van der Waals surface area contributed by atoms with Gasteiger partial charge in [0.05, 0.1) is 35.1 Å². The predicted molar refractivity (Wildman–Crippen MR) is 131 cm³/mol. The van der Waals surface area contributed by atoms with Crippen molar-refractivity contribution in [1.29, 1.82) is 0 Å². The summed E-state index contributed by atoms with van der Waals surface area (Å²) in [5.74, 6) is 0.874. The van der Waals surface area contributed by atoms with Gasteiger partial charge in [-0.15, -0.1) is 0 Å². The molecule has 4 heterocycles. The van der Waals surface area contributed by atoms with Crippen LogP contribution in [0.1, 0.15) is 13.3 Å². The van der Waals surface area contributed by atoms with Crippen LogP contribution in [0.4, 0.5) is 16.2 Å². The quantitative estimate of drug-likeness (QED) is 0.579. The average Bonchev–Trinajstić information content (AvgIpc) is 3.47. The molecule has 6 rings (SSSR count). The van der Waals surface area contributed by atoms with E-state index in [4.69, 9.17) is 0 Å². The molecule has 4 saturated heterocycles. The molecular weight excluding hydrogens is 476 g/mol. The van der Waals surface area contributed by atoms with Crippen molar-refractivity contribution in [1.82, 2.24) is 9.80 Å². The predicted octanol–water partition coefficient (Wildman–Crippen LogP) is 0.671. The number of hydrogen-bond acceptors (Lipinski definition) is 7. The second-order valence-corrected chi connectivity index (χ2v) is 15.5. The molecule has 4 aliphatic heterocycles. The number of fused-ring (bicyclic) bond motifs is 2. The number of urea groups is 1. The van der Waals surface area contributed by atoms with Crippen molar-refractivity contribution in [3.05, 3.63) is 24.3 Å². The van der Waals surface area contributed by atoms with E-state index in [0.717, 1.165) is 30.9 Å². The fraction of sp³-hybridized carbons (Fsp3) is 0.696. The molecule has 1 aromatic rings. The first-order valence-electron chi connectivity index (χ1n) is 12.1. The van der Waals surface area contributed by atoms with Crippen LogP contribution in [0.5, 0.6) is 0 Å². The Morgan fingerprint density at radius 3 is 2.18 bits per heavy atom. The molecule has 2 amide bonds. The Morgan fingerprint density at radius 1 is 0.882 bits per heavy atom. The number of carbonyl (C=O) groups is 1. The second-order valence-electron chi connectivity index (χ2n) is 10.9. The van der Waals surface area contributed by atoms with E-state index in [0.29, 0.717) is 19.0 Å². The SMILES string of the molecule is C[C@]12CC3CN(C(=O)N4CCS(=O)(=O)CC4)C1C2N(c1cccc(N2CCS(=O)(=O)CC2)c1)C3. The van der Waals surface area contributed by atoms with Crippen LogP contribution in [0.2, 0.25) is 0 Å². The maximum Gasteiger partial charge on any atom is 0.320 e. The molecule has 3 unspecified atom stereocenters. The lowest BCUT2D eigenvalue weighted by molar-refractivity contribution is 0.112. The van der Waals surface area contributed by atoms with Crippen LogP contribution < -0.4 is 9.80 Å². The minimum atomic E-state index is -3.03. The van der Waals surface area contributed by atoms with Gasteiger partial charge in [0.25, 0.3) is 0 Å². The van der Waals surface area contributed by atoms with Crippen LogP contribution in [-0.4, -0.2) is 107 Å². The molecule has 1 aliphatic carbocycles. The van der Waals surface area contributed by atoms with E-state index >= 15 is 0 Å². The minimum Gasteiger partial charge on any atom is -0.369 e. The molecule has 0 aromatic heterocycles. The summed E-state index contributed by atoms with van der Waals surface area (Å²) in [4.78, 5) is 21.8. The van der Waals surface area contributed by atoms with E-state index in [9.17, 15) is 21.6 Å². The van der Waals surface area contributed by atoms with Crippen molar-refractivity contribution in [3.8, 4) is 0 Å². The summed E-state index contributed by atoms with van der Waals surface area (Å²) in [7, 11) is -5.95. The molecule has 9 nitrogen and oxygen atoms in total. The van der Waals surface area contributed by atoms with E-state index in [1.54, 1.807) is 4.90 Å². The third kappa shape index (κ3) is 3.66. The lowest BCUT2D eigenvalue weighted by Gasteiger charge is -2.41. The number of anilines is 2. The van der Waals surface area contributed by atoms with Gasteiger partial charge in [-0.2, -0.15) is 0 Å². The highest BCUT2D eigenvalue weighted by molar-refractivity contribution is 7.91. The number of likely N-dealkylation sites (tertiary alicyclic amines) is 1. The highest BCUT2D eigenvalue weighted by Crippen LogP contribution is 2.63. The molecule has 34 heavy (non-hydrogen) atoms. The van der Waals surface area contributed by atoms with Gasteiger partial charge in [-0.05, 0) is 30.5 Å². The summed E-state index contributed by atoms with van der Waals surface area (Å²) in [5.41, 5.74) is 2.23. The van der Waals surface area contributed by atoms with Crippen molar-refractivity contribution < 1.29 is 21.6 Å². The molecule has 0 spiro atoms. The Bertz CT molecular complexity index is 1210. The molecule has 0 N–H and O–H groups in total. The van der Waals surface area contributed by atoms with E-state index in [-0.39, 0.29) is 59.6 Å². The van der Waals surface area contributed by atoms with Gasteiger partial charge in [-0.25, -0.2) is 21.6 Å². The number of benzene rings is 1. The average molecular weight is 509 g/mol. The first-order chi connectivity index (χ1) is 16.1. The van der Waals surface area contributed by atoms with E-state index in [1.165, 1.54) is 0 Å². The summed E-state index contributed by atoms with van der Waals surface area (Å²) in [6.45, 7) is 5.51. The van der Waals surface area contributed by atoms with Crippen molar-refractivity contribution >= 4 is 37.1 Å². The second kappa shape index (κ2) is 7.49. The van der Waals surface area contributed by atoms with E-state index < -0.39 is 19.7 Å². The number of nitrogens with zero attached hydrogens (tertiary/aromatic N) is 4. The molecule has 4 atom stereocenters. The summed E-state index contributed by atoms with van der Waals surface area (Å²) in [5, 5.41) is 0. The fourth-order valence-electron chi connectivity index (χ4n) is 6.79. The monoisotopic (exact) mass is 508 g/mol. The molecular formula is C23H32N4O5S2. The molecule has 5 aliphatic rings. The Labute approximate surface area is 201 Å². The zero-order chi connectivity index (χ0) is 23.9. The molecule has 1 saturated carbocycles. The van der Waals surface area contributed by atoms with Gasteiger partial charge >= 0.3 is 6.03 Å². The molecule has 2 bridgehead atoms. The van der Waals surface area contributed by atoms with Gasteiger partial charge in [-0.3, -0.25) is 0 Å². The summed E-state index contributed by atoms with van der Waals surface area (Å²) in [6.07, 6.45) is 1.11. The lowest BCUT2D eigenvalue weighted by Crippen LogP contribution is -2.53. The third-order valence-corrected chi connectivity index (χ3v) is 11.8. The molecule has 0 radical (unpaired) electrons. The van der Waals surface area contributed by atoms with E-state index in [1.807, 2.05) is 17.0 Å². The van der Waals surface area contributed by atoms with Crippen LogP contribution in [0.3, 0.4) is 0 Å².